The van der Waals surface area contributed by atoms with E-state index in [2.05, 4.69) is 0 Å². The summed E-state index contributed by atoms with van der Waals surface area (Å²) >= 11 is 0. The Morgan fingerprint density at radius 2 is 1.96 bits per heavy atom. The summed E-state index contributed by atoms with van der Waals surface area (Å²) in [7, 11) is 0. The molecule has 2 saturated heterocycles. The maximum atomic E-state index is 12.5. The first-order valence-electron chi connectivity index (χ1n) is 7.88. The summed E-state index contributed by atoms with van der Waals surface area (Å²) in [5, 5.41) is 10.7. The van der Waals surface area contributed by atoms with Crippen molar-refractivity contribution in [3.8, 4) is 0 Å². The third-order valence-corrected chi connectivity index (χ3v) is 4.35. The van der Waals surface area contributed by atoms with Gasteiger partial charge >= 0.3 is 0 Å². The molecule has 2 aliphatic rings. The van der Waals surface area contributed by atoms with Crippen molar-refractivity contribution >= 4 is 11.6 Å². The van der Waals surface area contributed by atoms with E-state index in [1.165, 1.54) is 12.1 Å². The predicted octanol–water partition coefficient (Wildman–Crippen LogP) is 1.75. The van der Waals surface area contributed by atoms with Crippen molar-refractivity contribution in [1.29, 1.82) is 0 Å². The third-order valence-electron chi connectivity index (χ3n) is 4.35. The van der Waals surface area contributed by atoms with Gasteiger partial charge in [0.15, 0.2) is 6.29 Å². The van der Waals surface area contributed by atoms with E-state index in [1.807, 2.05) is 4.90 Å². The summed E-state index contributed by atoms with van der Waals surface area (Å²) in [5.41, 5.74) is 0.825. The number of nitro benzene ring substituents is 1. The predicted molar refractivity (Wildman–Crippen MR) is 81.8 cm³/mol. The number of non-ortho nitro benzene ring substituents is 1. The van der Waals surface area contributed by atoms with E-state index in [-0.39, 0.29) is 30.2 Å². The first-order chi connectivity index (χ1) is 11.1. The quantitative estimate of drug-likeness (QED) is 0.623. The Balaban J connectivity index is 1.57. The fraction of sp³-hybridized carbons (Fsp3) is 0.562. The van der Waals surface area contributed by atoms with Gasteiger partial charge in [-0.15, -0.1) is 0 Å². The molecule has 1 aromatic carbocycles. The molecule has 1 aromatic rings. The highest BCUT2D eigenvalue weighted by molar-refractivity contribution is 5.79. The van der Waals surface area contributed by atoms with Crippen LogP contribution in [0.5, 0.6) is 0 Å². The second-order valence-electron chi connectivity index (χ2n) is 5.95. The van der Waals surface area contributed by atoms with Crippen LogP contribution in [0.1, 0.15) is 18.4 Å². The summed E-state index contributed by atoms with van der Waals surface area (Å²) in [6.45, 7) is 2.64. The average molecular weight is 320 g/mol. The van der Waals surface area contributed by atoms with Crippen LogP contribution in [0.2, 0.25) is 0 Å². The van der Waals surface area contributed by atoms with Crippen molar-refractivity contribution in [2.45, 2.75) is 25.6 Å². The minimum Gasteiger partial charge on any atom is -0.350 e. The van der Waals surface area contributed by atoms with Gasteiger partial charge in [-0.25, -0.2) is 0 Å². The summed E-state index contributed by atoms with van der Waals surface area (Å²) in [6.07, 6.45) is 2.02. The number of rotatable bonds is 4. The van der Waals surface area contributed by atoms with Crippen molar-refractivity contribution in [3.05, 3.63) is 39.9 Å². The average Bonchev–Trinajstić information content (AvgIpc) is 3.10. The van der Waals surface area contributed by atoms with E-state index in [0.29, 0.717) is 19.8 Å². The maximum Gasteiger partial charge on any atom is 0.269 e. The third kappa shape index (κ3) is 3.86. The second-order valence-corrected chi connectivity index (χ2v) is 5.95. The molecule has 7 nitrogen and oxygen atoms in total. The standard InChI is InChI=1S/C16H20N2O5/c19-15(10-12-3-5-14(6-4-12)18(20)21)17-7-1-2-13(11-17)16-22-8-9-23-16/h3-6,13,16H,1-2,7-11H2/t13-/m0/s1. The number of carbonyl (C=O) groups is 1. The zero-order chi connectivity index (χ0) is 16.2. The number of likely N-dealkylation sites (tertiary alicyclic amines) is 1. The number of carbonyl (C=O) groups excluding carboxylic acids is 1. The molecule has 1 amide bonds. The number of hydrogen-bond donors (Lipinski definition) is 0. The van der Waals surface area contributed by atoms with Gasteiger partial charge in [0, 0.05) is 31.1 Å². The van der Waals surface area contributed by atoms with Crippen LogP contribution in [0.4, 0.5) is 5.69 Å². The lowest BCUT2D eigenvalue weighted by Crippen LogP contribution is -2.44. The number of hydrogen-bond acceptors (Lipinski definition) is 5. The van der Waals surface area contributed by atoms with Crippen LogP contribution in [-0.4, -0.2) is 48.3 Å². The number of nitro groups is 1. The molecular formula is C16H20N2O5. The zero-order valence-electron chi connectivity index (χ0n) is 12.8. The van der Waals surface area contributed by atoms with Crippen LogP contribution < -0.4 is 0 Å². The van der Waals surface area contributed by atoms with Gasteiger partial charge in [0.1, 0.15) is 0 Å². The SMILES string of the molecule is O=C(Cc1ccc([N+](=O)[O-])cc1)N1CCC[C@H](C2OCCO2)C1. The zero-order valence-corrected chi connectivity index (χ0v) is 12.8. The van der Waals surface area contributed by atoms with Gasteiger partial charge in [-0.1, -0.05) is 12.1 Å². The van der Waals surface area contributed by atoms with Crippen LogP contribution in [-0.2, 0) is 20.7 Å². The van der Waals surface area contributed by atoms with E-state index < -0.39 is 4.92 Å². The van der Waals surface area contributed by atoms with Crippen LogP contribution in [0.25, 0.3) is 0 Å². The number of nitrogens with zero attached hydrogens (tertiary/aromatic N) is 2. The molecular weight excluding hydrogens is 300 g/mol. The van der Waals surface area contributed by atoms with Gasteiger partial charge in [-0.2, -0.15) is 0 Å². The van der Waals surface area contributed by atoms with Gasteiger partial charge in [0.2, 0.25) is 5.91 Å². The fourth-order valence-electron chi connectivity index (χ4n) is 3.13. The molecule has 0 bridgehead atoms. The molecule has 0 N–H and O–H groups in total. The van der Waals surface area contributed by atoms with E-state index in [9.17, 15) is 14.9 Å². The molecule has 0 aliphatic carbocycles. The lowest BCUT2D eigenvalue weighted by molar-refractivity contribution is -0.384. The molecule has 0 spiro atoms. The highest BCUT2D eigenvalue weighted by atomic mass is 16.7. The Morgan fingerprint density at radius 1 is 1.26 bits per heavy atom. The van der Waals surface area contributed by atoms with Crippen molar-refractivity contribution in [1.82, 2.24) is 4.90 Å². The molecule has 2 heterocycles. The number of benzene rings is 1. The van der Waals surface area contributed by atoms with Gasteiger partial charge in [0.05, 0.1) is 24.6 Å². The molecule has 0 radical (unpaired) electrons. The van der Waals surface area contributed by atoms with E-state index >= 15 is 0 Å². The normalized spacial score (nSPS) is 22.3. The monoisotopic (exact) mass is 320 g/mol. The molecule has 0 unspecified atom stereocenters. The van der Waals surface area contributed by atoms with E-state index in [4.69, 9.17) is 9.47 Å². The van der Waals surface area contributed by atoms with Crippen molar-refractivity contribution in [2.75, 3.05) is 26.3 Å². The molecule has 7 heteroatoms. The smallest absolute Gasteiger partial charge is 0.269 e. The Hall–Kier alpha value is -1.99. The van der Waals surface area contributed by atoms with Gasteiger partial charge in [0.25, 0.3) is 5.69 Å². The summed E-state index contributed by atoms with van der Waals surface area (Å²) in [5.74, 6) is 0.272. The Labute approximate surface area is 134 Å². The van der Waals surface area contributed by atoms with Crippen molar-refractivity contribution in [3.63, 3.8) is 0 Å². The maximum absolute atomic E-state index is 12.5. The first-order valence-corrected chi connectivity index (χ1v) is 7.88. The minimum atomic E-state index is -0.442. The minimum absolute atomic E-state index is 0.0368. The number of piperidine rings is 1. The largest absolute Gasteiger partial charge is 0.350 e. The Morgan fingerprint density at radius 3 is 2.61 bits per heavy atom. The molecule has 2 aliphatic heterocycles. The van der Waals surface area contributed by atoms with E-state index in [1.54, 1.807) is 12.1 Å². The Kier molecular flexibility index (Phi) is 4.88. The highest BCUT2D eigenvalue weighted by Gasteiger charge is 2.32. The Bertz CT molecular complexity index is 568. The number of amides is 1. The molecule has 124 valence electrons. The highest BCUT2D eigenvalue weighted by Crippen LogP contribution is 2.25. The van der Waals surface area contributed by atoms with Crippen molar-refractivity contribution in [2.24, 2.45) is 5.92 Å². The molecule has 23 heavy (non-hydrogen) atoms. The van der Waals surface area contributed by atoms with Gasteiger partial charge < -0.3 is 14.4 Å². The molecule has 0 saturated carbocycles. The summed E-state index contributed by atoms with van der Waals surface area (Å²) < 4.78 is 11.1. The van der Waals surface area contributed by atoms with Crippen LogP contribution >= 0.6 is 0 Å². The van der Waals surface area contributed by atoms with Crippen LogP contribution in [0.15, 0.2) is 24.3 Å². The van der Waals surface area contributed by atoms with Gasteiger partial charge in [-0.3, -0.25) is 14.9 Å². The lowest BCUT2D eigenvalue weighted by Gasteiger charge is -2.34. The molecule has 2 fully saturated rings. The van der Waals surface area contributed by atoms with E-state index in [0.717, 1.165) is 24.9 Å². The molecule has 1 atom stereocenters. The van der Waals surface area contributed by atoms with Gasteiger partial charge in [-0.05, 0) is 18.4 Å². The summed E-state index contributed by atoms with van der Waals surface area (Å²) in [4.78, 5) is 24.5. The second kappa shape index (κ2) is 7.06. The lowest BCUT2D eigenvalue weighted by atomic mass is 9.96. The van der Waals surface area contributed by atoms with Crippen LogP contribution in [0.3, 0.4) is 0 Å². The fourth-order valence-corrected chi connectivity index (χ4v) is 3.13. The van der Waals surface area contributed by atoms with Crippen LogP contribution in [0, 0.1) is 16.0 Å². The number of ether oxygens (including phenoxy) is 2. The molecule has 3 rings (SSSR count). The van der Waals surface area contributed by atoms with Crippen molar-refractivity contribution < 1.29 is 19.2 Å². The topological polar surface area (TPSA) is 81.9 Å². The summed E-state index contributed by atoms with van der Waals surface area (Å²) in [6, 6.07) is 6.14. The first kappa shape index (κ1) is 15.9. The molecule has 0 aromatic heterocycles.